The molecule has 1 fully saturated rings. The molecule has 0 amide bonds. The smallest absolute Gasteiger partial charge is 0.356 e. The molecule has 164 valence electrons. The summed E-state index contributed by atoms with van der Waals surface area (Å²) in [7, 11) is 3.84. The minimum absolute atomic E-state index is 0.215. The summed E-state index contributed by atoms with van der Waals surface area (Å²) in [6.45, 7) is 4.70. The molecule has 1 saturated heterocycles. The number of halogens is 3. The summed E-state index contributed by atoms with van der Waals surface area (Å²) in [5.41, 5.74) is 1.29. The SMILES string of the molecule is CN=C(NCCC(C)N(C)Cc1ccccc1)NCC1CCN(CC(F)(F)F)C1. The number of rotatable bonds is 9. The number of nitrogens with zero attached hydrogens (tertiary/aromatic N) is 3. The van der Waals surface area contributed by atoms with Crippen molar-refractivity contribution in [1.82, 2.24) is 20.4 Å². The second-order valence-electron chi connectivity index (χ2n) is 7.92. The van der Waals surface area contributed by atoms with Crippen LogP contribution in [0, 0.1) is 5.92 Å². The number of nitrogens with one attached hydrogen (secondary N) is 2. The van der Waals surface area contributed by atoms with Gasteiger partial charge >= 0.3 is 6.18 Å². The monoisotopic (exact) mass is 413 g/mol. The zero-order valence-electron chi connectivity index (χ0n) is 17.7. The third kappa shape index (κ3) is 9.04. The van der Waals surface area contributed by atoms with Gasteiger partial charge in [-0.05, 0) is 44.8 Å². The van der Waals surface area contributed by atoms with Crippen LogP contribution in [0.5, 0.6) is 0 Å². The van der Waals surface area contributed by atoms with E-state index in [-0.39, 0.29) is 5.92 Å². The van der Waals surface area contributed by atoms with Crippen molar-refractivity contribution in [2.45, 2.75) is 38.5 Å². The molecule has 29 heavy (non-hydrogen) atoms. The second-order valence-corrected chi connectivity index (χ2v) is 7.92. The van der Waals surface area contributed by atoms with Gasteiger partial charge in [0.05, 0.1) is 6.54 Å². The number of likely N-dealkylation sites (tertiary alicyclic amines) is 1. The highest BCUT2D eigenvalue weighted by Gasteiger charge is 2.34. The highest BCUT2D eigenvalue weighted by molar-refractivity contribution is 5.79. The van der Waals surface area contributed by atoms with Gasteiger partial charge in [-0.2, -0.15) is 13.2 Å². The molecule has 2 rings (SSSR count). The van der Waals surface area contributed by atoms with E-state index in [4.69, 9.17) is 0 Å². The van der Waals surface area contributed by atoms with Crippen LogP contribution in [0.25, 0.3) is 0 Å². The van der Waals surface area contributed by atoms with E-state index in [1.165, 1.54) is 10.5 Å². The first-order valence-corrected chi connectivity index (χ1v) is 10.2. The summed E-state index contributed by atoms with van der Waals surface area (Å²) < 4.78 is 37.5. The molecule has 2 atom stereocenters. The molecule has 0 aliphatic carbocycles. The number of guanidine groups is 1. The van der Waals surface area contributed by atoms with Gasteiger partial charge in [0, 0.05) is 39.3 Å². The normalized spacial score (nSPS) is 19.6. The van der Waals surface area contributed by atoms with Crippen molar-refractivity contribution < 1.29 is 13.2 Å². The molecule has 2 N–H and O–H groups in total. The van der Waals surface area contributed by atoms with Crippen molar-refractivity contribution in [1.29, 1.82) is 0 Å². The molecular weight excluding hydrogens is 379 g/mol. The molecule has 5 nitrogen and oxygen atoms in total. The highest BCUT2D eigenvalue weighted by Crippen LogP contribution is 2.22. The van der Waals surface area contributed by atoms with Crippen molar-refractivity contribution in [2.24, 2.45) is 10.9 Å². The first kappa shape index (κ1) is 23.5. The molecule has 0 saturated carbocycles. The molecule has 0 bridgehead atoms. The molecule has 0 aromatic heterocycles. The van der Waals surface area contributed by atoms with Crippen LogP contribution in [0.2, 0.25) is 0 Å². The summed E-state index contributed by atoms with van der Waals surface area (Å²) >= 11 is 0. The minimum Gasteiger partial charge on any atom is -0.356 e. The van der Waals surface area contributed by atoms with Gasteiger partial charge in [-0.15, -0.1) is 0 Å². The number of hydrogen-bond acceptors (Lipinski definition) is 3. The Bertz CT molecular complexity index is 620. The van der Waals surface area contributed by atoms with Gasteiger partial charge in [-0.3, -0.25) is 14.8 Å². The van der Waals surface area contributed by atoms with E-state index in [1.807, 2.05) is 6.07 Å². The van der Waals surface area contributed by atoms with Crippen molar-refractivity contribution in [2.75, 3.05) is 46.8 Å². The molecule has 8 heteroatoms. The maximum atomic E-state index is 12.5. The summed E-state index contributed by atoms with van der Waals surface area (Å²) in [6, 6.07) is 10.8. The topological polar surface area (TPSA) is 42.9 Å². The lowest BCUT2D eigenvalue weighted by Crippen LogP contribution is -2.42. The highest BCUT2D eigenvalue weighted by atomic mass is 19.4. The predicted octanol–water partition coefficient (Wildman–Crippen LogP) is 2.95. The Balaban J connectivity index is 1.63. The second kappa shape index (κ2) is 11.4. The Kier molecular flexibility index (Phi) is 9.23. The number of benzene rings is 1. The Morgan fingerprint density at radius 2 is 2.00 bits per heavy atom. The van der Waals surface area contributed by atoms with E-state index in [1.54, 1.807) is 7.05 Å². The van der Waals surface area contributed by atoms with Gasteiger partial charge < -0.3 is 10.6 Å². The Hall–Kier alpha value is -1.80. The number of hydrogen-bond donors (Lipinski definition) is 2. The van der Waals surface area contributed by atoms with Crippen LogP contribution in [0.3, 0.4) is 0 Å². The first-order valence-electron chi connectivity index (χ1n) is 10.2. The molecule has 1 aromatic rings. The molecule has 1 aliphatic heterocycles. The third-order valence-corrected chi connectivity index (χ3v) is 5.44. The average molecular weight is 414 g/mol. The fourth-order valence-electron chi connectivity index (χ4n) is 3.59. The predicted molar refractivity (Wildman–Crippen MR) is 112 cm³/mol. The van der Waals surface area contributed by atoms with E-state index in [0.717, 1.165) is 25.9 Å². The van der Waals surface area contributed by atoms with Gasteiger partial charge in [0.1, 0.15) is 0 Å². The zero-order valence-corrected chi connectivity index (χ0v) is 17.7. The average Bonchev–Trinajstić information content (AvgIpc) is 3.10. The fraction of sp³-hybridized carbons (Fsp3) is 0.667. The van der Waals surface area contributed by atoms with Crippen LogP contribution in [0.4, 0.5) is 13.2 Å². The van der Waals surface area contributed by atoms with Crippen molar-refractivity contribution in [3.8, 4) is 0 Å². The maximum absolute atomic E-state index is 12.5. The van der Waals surface area contributed by atoms with Crippen LogP contribution in [-0.2, 0) is 6.54 Å². The van der Waals surface area contributed by atoms with Crippen LogP contribution in [-0.4, -0.2) is 74.8 Å². The van der Waals surface area contributed by atoms with Crippen molar-refractivity contribution >= 4 is 5.96 Å². The Labute approximate surface area is 172 Å². The van der Waals surface area contributed by atoms with Crippen molar-refractivity contribution in [3.05, 3.63) is 35.9 Å². The Morgan fingerprint density at radius 3 is 2.66 bits per heavy atom. The van der Waals surface area contributed by atoms with Gasteiger partial charge in [0.25, 0.3) is 0 Å². The fourth-order valence-corrected chi connectivity index (χ4v) is 3.59. The quantitative estimate of drug-likeness (QED) is 0.483. The molecule has 0 radical (unpaired) electrons. The van der Waals surface area contributed by atoms with E-state index in [9.17, 15) is 13.2 Å². The number of aliphatic imine (C=N–C) groups is 1. The van der Waals surface area contributed by atoms with E-state index in [2.05, 4.69) is 58.8 Å². The van der Waals surface area contributed by atoms with Gasteiger partial charge in [-0.25, -0.2) is 0 Å². The molecule has 1 aromatic carbocycles. The van der Waals surface area contributed by atoms with Gasteiger partial charge in [0.15, 0.2) is 5.96 Å². The number of alkyl halides is 3. The van der Waals surface area contributed by atoms with Crippen LogP contribution in [0.15, 0.2) is 35.3 Å². The molecule has 2 unspecified atom stereocenters. The minimum atomic E-state index is -4.12. The van der Waals surface area contributed by atoms with Crippen LogP contribution in [0.1, 0.15) is 25.3 Å². The lowest BCUT2D eigenvalue weighted by atomic mass is 10.1. The zero-order chi connectivity index (χ0) is 21.3. The maximum Gasteiger partial charge on any atom is 0.401 e. The molecular formula is C21H34F3N5. The van der Waals surface area contributed by atoms with Crippen LogP contribution < -0.4 is 10.6 Å². The lowest BCUT2D eigenvalue weighted by Gasteiger charge is -2.25. The summed E-state index contributed by atoms with van der Waals surface area (Å²) in [6.07, 6.45) is -2.38. The summed E-state index contributed by atoms with van der Waals surface area (Å²) in [5, 5.41) is 6.57. The largest absolute Gasteiger partial charge is 0.401 e. The third-order valence-electron chi connectivity index (χ3n) is 5.44. The summed E-state index contributed by atoms with van der Waals surface area (Å²) in [4.78, 5) is 8.02. The molecule has 1 heterocycles. The standard InChI is InChI=1S/C21H34F3N5/c1-17(28(3)14-18-7-5-4-6-8-18)9-11-26-20(25-2)27-13-19-10-12-29(15-19)16-21(22,23)24/h4-8,17,19H,9-16H2,1-3H3,(H2,25,26,27). The summed E-state index contributed by atoms with van der Waals surface area (Å²) in [5.74, 6) is 0.920. The van der Waals surface area contributed by atoms with Gasteiger partial charge in [-0.1, -0.05) is 30.3 Å². The first-order chi connectivity index (χ1) is 13.8. The molecule has 1 aliphatic rings. The van der Waals surface area contributed by atoms with Gasteiger partial charge in [0.2, 0.25) is 0 Å². The van der Waals surface area contributed by atoms with Crippen molar-refractivity contribution in [3.63, 3.8) is 0 Å². The lowest BCUT2D eigenvalue weighted by molar-refractivity contribution is -0.143. The van der Waals surface area contributed by atoms with E-state index >= 15 is 0 Å². The van der Waals surface area contributed by atoms with E-state index in [0.29, 0.717) is 31.6 Å². The van der Waals surface area contributed by atoms with E-state index < -0.39 is 12.7 Å². The van der Waals surface area contributed by atoms with Crippen LogP contribution >= 0.6 is 0 Å². The molecule has 0 spiro atoms. The Morgan fingerprint density at radius 1 is 1.28 bits per heavy atom.